The summed E-state index contributed by atoms with van der Waals surface area (Å²) in [6.07, 6.45) is 3.21. The third kappa shape index (κ3) is 3.23. The van der Waals surface area contributed by atoms with Gasteiger partial charge >= 0.3 is 0 Å². The standard InChI is InChI=1S/C14H16ClN5O2S/c1-16-13-5-9-8-20(4-3-12(9)18-19-13)14-11(15)6-10(7-17-14)23(2,21)22/h5-7H,3-4,8H2,1-2H3,(H,16,19). The van der Waals surface area contributed by atoms with Gasteiger partial charge in [0.2, 0.25) is 0 Å². The Balaban J connectivity index is 1.91. The lowest BCUT2D eigenvalue weighted by Gasteiger charge is -2.29. The van der Waals surface area contributed by atoms with E-state index in [4.69, 9.17) is 11.6 Å². The Morgan fingerprint density at radius 3 is 2.74 bits per heavy atom. The summed E-state index contributed by atoms with van der Waals surface area (Å²) >= 11 is 6.25. The summed E-state index contributed by atoms with van der Waals surface area (Å²) in [6, 6.07) is 3.39. The molecule has 9 heteroatoms. The molecule has 0 saturated carbocycles. The second-order valence-electron chi connectivity index (χ2n) is 5.37. The van der Waals surface area contributed by atoms with Gasteiger partial charge in [-0.2, -0.15) is 5.10 Å². The maximum atomic E-state index is 11.6. The normalized spacial score (nSPS) is 14.5. The van der Waals surface area contributed by atoms with E-state index in [1.54, 1.807) is 7.05 Å². The van der Waals surface area contributed by atoms with E-state index in [1.807, 2.05) is 11.0 Å². The monoisotopic (exact) mass is 353 g/mol. The van der Waals surface area contributed by atoms with E-state index in [0.29, 0.717) is 29.7 Å². The van der Waals surface area contributed by atoms with Crippen LogP contribution >= 0.6 is 11.6 Å². The van der Waals surface area contributed by atoms with Crippen LogP contribution in [0.1, 0.15) is 11.3 Å². The van der Waals surface area contributed by atoms with Crippen molar-refractivity contribution in [3.8, 4) is 0 Å². The third-order valence-electron chi connectivity index (χ3n) is 3.72. The number of anilines is 2. The first-order valence-corrected chi connectivity index (χ1v) is 9.29. The van der Waals surface area contributed by atoms with Gasteiger partial charge in [-0.1, -0.05) is 11.6 Å². The summed E-state index contributed by atoms with van der Waals surface area (Å²) in [6.45, 7) is 1.30. The molecule has 0 amide bonds. The molecule has 1 aliphatic heterocycles. The average molecular weight is 354 g/mol. The fraction of sp³-hybridized carbons (Fsp3) is 0.357. The zero-order valence-corrected chi connectivity index (χ0v) is 14.3. The minimum atomic E-state index is -3.32. The van der Waals surface area contributed by atoms with Crippen LogP contribution in [0.2, 0.25) is 5.02 Å². The van der Waals surface area contributed by atoms with Crippen molar-refractivity contribution in [3.05, 3.63) is 34.6 Å². The molecule has 1 N–H and O–H groups in total. The van der Waals surface area contributed by atoms with E-state index in [9.17, 15) is 8.42 Å². The molecule has 122 valence electrons. The smallest absolute Gasteiger partial charge is 0.177 e. The summed E-state index contributed by atoms with van der Waals surface area (Å²) < 4.78 is 23.1. The lowest BCUT2D eigenvalue weighted by molar-refractivity contribution is 0.601. The minimum absolute atomic E-state index is 0.118. The molecular weight excluding hydrogens is 338 g/mol. The molecule has 2 aromatic rings. The number of rotatable bonds is 3. The molecule has 0 unspecified atom stereocenters. The molecule has 0 aromatic carbocycles. The Bertz CT molecular complexity index is 856. The highest BCUT2D eigenvalue weighted by atomic mass is 35.5. The number of hydrogen-bond acceptors (Lipinski definition) is 7. The number of fused-ring (bicyclic) bond motifs is 1. The SMILES string of the molecule is CNc1cc2c(nn1)CCN(c1ncc(S(C)(=O)=O)cc1Cl)C2. The second-order valence-corrected chi connectivity index (χ2v) is 7.79. The molecule has 0 aliphatic carbocycles. The van der Waals surface area contributed by atoms with Crippen molar-refractivity contribution < 1.29 is 8.42 Å². The predicted octanol–water partition coefficient (Wildman–Crippen LogP) is 1.53. The summed E-state index contributed by atoms with van der Waals surface area (Å²) in [5.41, 5.74) is 2.02. The van der Waals surface area contributed by atoms with Gasteiger partial charge in [-0.05, 0) is 17.7 Å². The van der Waals surface area contributed by atoms with Crippen LogP contribution in [-0.4, -0.2) is 43.4 Å². The molecule has 0 fully saturated rings. The molecule has 23 heavy (non-hydrogen) atoms. The van der Waals surface area contributed by atoms with Crippen LogP contribution in [0.5, 0.6) is 0 Å². The molecule has 0 radical (unpaired) electrons. The molecule has 0 spiro atoms. The Labute approximate surface area is 139 Å². The summed E-state index contributed by atoms with van der Waals surface area (Å²) in [5.74, 6) is 1.28. The highest BCUT2D eigenvalue weighted by Crippen LogP contribution is 2.29. The zero-order chi connectivity index (χ0) is 16.6. The van der Waals surface area contributed by atoms with Gasteiger partial charge < -0.3 is 10.2 Å². The average Bonchev–Trinajstić information content (AvgIpc) is 2.52. The molecule has 3 rings (SSSR count). The van der Waals surface area contributed by atoms with Gasteiger partial charge in [-0.15, -0.1) is 5.10 Å². The molecule has 3 heterocycles. The Morgan fingerprint density at radius 2 is 2.09 bits per heavy atom. The first-order valence-electron chi connectivity index (χ1n) is 7.02. The predicted molar refractivity (Wildman–Crippen MR) is 88.7 cm³/mol. The number of nitrogens with one attached hydrogen (secondary N) is 1. The lowest BCUT2D eigenvalue weighted by atomic mass is 10.1. The van der Waals surface area contributed by atoms with Crippen molar-refractivity contribution in [3.63, 3.8) is 0 Å². The van der Waals surface area contributed by atoms with Gasteiger partial charge in [-0.3, -0.25) is 0 Å². The molecule has 7 nitrogen and oxygen atoms in total. The quantitative estimate of drug-likeness (QED) is 0.895. The Hall–Kier alpha value is -1.93. The topological polar surface area (TPSA) is 88.1 Å². The number of halogens is 1. The van der Waals surface area contributed by atoms with Crippen molar-refractivity contribution in [2.24, 2.45) is 0 Å². The summed E-state index contributed by atoms with van der Waals surface area (Å²) in [7, 11) is -1.53. The van der Waals surface area contributed by atoms with Crippen LogP contribution in [0.4, 0.5) is 11.6 Å². The van der Waals surface area contributed by atoms with Gasteiger partial charge in [0.25, 0.3) is 0 Å². The number of nitrogens with zero attached hydrogens (tertiary/aromatic N) is 4. The first-order chi connectivity index (χ1) is 10.9. The van der Waals surface area contributed by atoms with E-state index in [2.05, 4.69) is 20.5 Å². The Kier molecular flexibility index (Phi) is 4.11. The molecule has 1 aliphatic rings. The van der Waals surface area contributed by atoms with E-state index in [1.165, 1.54) is 12.3 Å². The first kappa shape index (κ1) is 15.9. The zero-order valence-electron chi connectivity index (χ0n) is 12.7. The fourth-order valence-corrected chi connectivity index (χ4v) is 3.41. The molecule has 0 saturated heterocycles. The highest BCUT2D eigenvalue weighted by Gasteiger charge is 2.22. The second kappa shape index (κ2) is 5.93. The van der Waals surface area contributed by atoms with Gasteiger partial charge in [0.05, 0.1) is 15.6 Å². The number of sulfone groups is 1. The van der Waals surface area contributed by atoms with E-state index in [0.717, 1.165) is 23.9 Å². The van der Waals surface area contributed by atoms with Crippen molar-refractivity contribution in [1.29, 1.82) is 0 Å². The van der Waals surface area contributed by atoms with Crippen molar-refractivity contribution in [1.82, 2.24) is 15.2 Å². The fourth-order valence-electron chi connectivity index (χ4n) is 2.48. The van der Waals surface area contributed by atoms with E-state index < -0.39 is 9.84 Å². The number of aromatic nitrogens is 3. The van der Waals surface area contributed by atoms with Crippen LogP contribution in [0, 0.1) is 0 Å². The maximum absolute atomic E-state index is 11.6. The van der Waals surface area contributed by atoms with E-state index in [-0.39, 0.29) is 4.90 Å². The van der Waals surface area contributed by atoms with Crippen LogP contribution < -0.4 is 10.2 Å². The van der Waals surface area contributed by atoms with Crippen LogP contribution in [0.25, 0.3) is 0 Å². The number of pyridine rings is 1. The summed E-state index contributed by atoms with van der Waals surface area (Å²) in [4.78, 5) is 6.38. The van der Waals surface area contributed by atoms with E-state index >= 15 is 0 Å². The largest absolute Gasteiger partial charge is 0.372 e. The van der Waals surface area contributed by atoms with Crippen molar-refractivity contribution in [2.75, 3.05) is 30.1 Å². The highest BCUT2D eigenvalue weighted by molar-refractivity contribution is 7.90. The lowest BCUT2D eigenvalue weighted by Crippen LogP contribution is -2.32. The number of hydrogen-bond donors (Lipinski definition) is 1. The molecule has 2 aromatic heterocycles. The molecular formula is C14H16ClN5O2S. The summed E-state index contributed by atoms with van der Waals surface area (Å²) in [5, 5.41) is 11.6. The third-order valence-corrected chi connectivity index (χ3v) is 5.08. The van der Waals surface area contributed by atoms with Crippen molar-refractivity contribution >= 4 is 33.1 Å². The van der Waals surface area contributed by atoms with Crippen molar-refractivity contribution in [2.45, 2.75) is 17.9 Å². The maximum Gasteiger partial charge on any atom is 0.177 e. The molecule has 0 bridgehead atoms. The van der Waals surface area contributed by atoms with Crippen LogP contribution in [0.3, 0.4) is 0 Å². The van der Waals surface area contributed by atoms with Gasteiger partial charge in [0, 0.05) is 39.0 Å². The Morgan fingerprint density at radius 1 is 1.30 bits per heavy atom. The van der Waals surface area contributed by atoms with Gasteiger partial charge in [-0.25, -0.2) is 13.4 Å². The van der Waals surface area contributed by atoms with Gasteiger partial charge in [0.15, 0.2) is 9.84 Å². The van der Waals surface area contributed by atoms with Crippen LogP contribution in [0.15, 0.2) is 23.2 Å². The van der Waals surface area contributed by atoms with Crippen LogP contribution in [-0.2, 0) is 22.8 Å². The molecule has 0 atom stereocenters. The minimum Gasteiger partial charge on any atom is -0.372 e. The van der Waals surface area contributed by atoms with Gasteiger partial charge in [0.1, 0.15) is 11.6 Å².